The van der Waals surface area contributed by atoms with Gasteiger partial charge < -0.3 is 10.2 Å². The number of aryl methyl sites for hydroxylation is 2. The predicted molar refractivity (Wildman–Crippen MR) is 133 cm³/mol. The lowest BCUT2D eigenvalue weighted by Gasteiger charge is -2.33. The smallest absolute Gasteiger partial charge is 0.244 e. The molecular weight excluding hydrogens is 438 g/mol. The van der Waals surface area contributed by atoms with Crippen LogP contribution in [0.25, 0.3) is 0 Å². The number of nitrogens with one attached hydrogen (secondary N) is 1. The highest BCUT2D eigenvalue weighted by molar-refractivity contribution is 7.92. The van der Waals surface area contributed by atoms with E-state index in [0.717, 1.165) is 27.3 Å². The van der Waals surface area contributed by atoms with Gasteiger partial charge in [-0.25, -0.2) is 8.42 Å². The van der Waals surface area contributed by atoms with Gasteiger partial charge in [-0.15, -0.1) is 0 Å². The van der Waals surface area contributed by atoms with Crippen molar-refractivity contribution in [2.45, 2.75) is 53.1 Å². The van der Waals surface area contributed by atoms with Crippen molar-refractivity contribution in [3.63, 3.8) is 0 Å². The summed E-state index contributed by atoms with van der Waals surface area (Å²) in [7, 11) is -3.74. The van der Waals surface area contributed by atoms with Gasteiger partial charge in [0.2, 0.25) is 21.8 Å². The highest BCUT2D eigenvalue weighted by atomic mass is 32.2. The van der Waals surface area contributed by atoms with Gasteiger partial charge in [0.1, 0.15) is 12.6 Å². The molecule has 0 aromatic heterocycles. The molecule has 0 saturated carbocycles. The van der Waals surface area contributed by atoms with Gasteiger partial charge in [-0.2, -0.15) is 0 Å². The Bertz CT molecular complexity index is 1050. The van der Waals surface area contributed by atoms with E-state index < -0.39 is 22.0 Å². The van der Waals surface area contributed by atoms with Crippen LogP contribution in [0.5, 0.6) is 0 Å². The van der Waals surface area contributed by atoms with Gasteiger partial charge in [0, 0.05) is 13.1 Å². The number of carbonyl (C=O) groups is 2. The molecule has 0 aliphatic rings. The molecule has 8 heteroatoms. The summed E-state index contributed by atoms with van der Waals surface area (Å²) in [5.41, 5.74) is 3.28. The van der Waals surface area contributed by atoms with Crippen LogP contribution in [-0.2, 0) is 32.6 Å². The molecule has 33 heavy (non-hydrogen) atoms. The van der Waals surface area contributed by atoms with E-state index in [1.54, 1.807) is 12.1 Å². The number of amides is 2. The summed E-state index contributed by atoms with van der Waals surface area (Å²) in [6.45, 7) is 7.86. The summed E-state index contributed by atoms with van der Waals surface area (Å²) in [6.07, 6.45) is 2.13. The van der Waals surface area contributed by atoms with Crippen molar-refractivity contribution in [1.29, 1.82) is 0 Å². The Morgan fingerprint density at radius 2 is 1.64 bits per heavy atom. The second-order valence-corrected chi connectivity index (χ2v) is 9.98. The number of sulfonamides is 1. The number of likely N-dealkylation sites (N-methyl/N-ethyl adjacent to an activating group) is 1. The van der Waals surface area contributed by atoms with Gasteiger partial charge >= 0.3 is 0 Å². The highest BCUT2D eigenvalue weighted by Crippen LogP contribution is 2.24. The minimum absolute atomic E-state index is 0.210. The van der Waals surface area contributed by atoms with Crippen molar-refractivity contribution in [2.24, 2.45) is 0 Å². The SMILES string of the molecule is CCNC(=O)C(CC)N(Cc1ccc(C)cc1)C(=O)CN(c1ccccc1CC)S(C)(=O)=O. The third-order valence-electron chi connectivity index (χ3n) is 5.53. The number of rotatable bonds is 11. The van der Waals surface area contributed by atoms with Gasteiger partial charge in [0.05, 0.1) is 11.9 Å². The molecule has 180 valence electrons. The summed E-state index contributed by atoms with van der Waals surface area (Å²) >= 11 is 0. The Morgan fingerprint density at radius 3 is 2.18 bits per heavy atom. The molecule has 7 nitrogen and oxygen atoms in total. The quantitative estimate of drug-likeness (QED) is 0.543. The fraction of sp³-hybridized carbons (Fsp3) is 0.440. The number of para-hydroxylation sites is 1. The normalized spacial score (nSPS) is 12.2. The molecule has 0 heterocycles. The van der Waals surface area contributed by atoms with E-state index in [4.69, 9.17) is 0 Å². The van der Waals surface area contributed by atoms with Crippen LogP contribution in [0.1, 0.15) is 43.9 Å². The van der Waals surface area contributed by atoms with Crippen LogP contribution in [0.2, 0.25) is 0 Å². The second kappa shape index (κ2) is 11.8. The van der Waals surface area contributed by atoms with Crippen LogP contribution in [-0.4, -0.2) is 50.5 Å². The summed E-state index contributed by atoms with van der Waals surface area (Å²) < 4.78 is 26.6. The van der Waals surface area contributed by atoms with Crippen molar-refractivity contribution in [1.82, 2.24) is 10.2 Å². The molecule has 0 aliphatic carbocycles. The molecule has 1 N–H and O–H groups in total. The fourth-order valence-corrected chi connectivity index (χ4v) is 4.63. The summed E-state index contributed by atoms with van der Waals surface area (Å²) in [5, 5.41) is 2.80. The lowest BCUT2D eigenvalue weighted by atomic mass is 10.1. The summed E-state index contributed by atoms with van der Waals surface area (Å²) in [5.74, 6) is -0.676. The lowest BCUT2D eigenvalue weighted by Crippen LogP contribution is -2.52. The molecule has 2 rings (SSSR count). The minimum Gasteiger partial charge on any atom is -0.355 e. The van der Waals surface area contributed by atoms with Crippen LogP contribution in [0, 0.1) is 6.92 Å². The van der Waals surface area contributed by atoms with Crippen LogP contribution >= 0.6 is 0 Å². The molecule has 2 aromatic rings. The zero-order chi connectivity index (χ0) is 24.6. The average molecular weight is 474 g/mol. The lowest BCUT2D eigenvalue weighted by molar-refractivity contribution is -0.140. The topological polar surface area (TPSA) is 86.8 Å². The van der Waals surface area contributed by atoms with E-state index in [2.05, 4.69) is 5.32 Å². The maximum Gasteiger partial charge on any atom is 0.244 e. The number of hydrogen-bond donors (Lipinski definition) is 1. The van der Waals surface area contributed by atoms with Gasteiger partial charge in [-0.3, -0.25) is 13.9 Å². The first-order valence-corrected chi connectivity index (χ1v) is 13.1. The second-order valence-electron chi connectivity index (χ2n) is 8.08. The van der Waals surface area contributed by atoms with Crippen molar-refractivity contribution >= 4 is 27.5 Å². The van der Waals surface area contributed by atoms with Crippen molar-refractivity contribution in [3.8, 4) is 0 Å². The van der Waals surface area contributed by atoms with E-state index in [1.807, 2.05) is 64.1 Å². The summed E-state index contributed by atoms with van der Waals surface area (Å²) in [4.78, 5) is 27.9. The van der Waals surface area contributed by atoms with Gasteiger partial charge in [-0.1, -0.05) is 61.9 Å². The number of hydrogen-bond acceptors (Lipinski definition) is 4. The standard InChI is InChI=1S/C25H35N3O4S/c1-6-21-11-9-10-12-23(21)28(33(5,31)32)18-24(29)27(22(7-2)25(30)26-8-3)17-20-15-13-19(4)14-16-20/h9-16,22H,6-8,17-18H2,1-5H3,(H,26,30). The van der Waals surface area contributed by atoms with Crippen LogP contribution in [0.15, 0.2) is 48.5 Å². The zero-order valence-electron chi connectivity index (χ0n) is 20.2. The Hall–Kier alpha value is -2.87. The maximum atomic E-state index is 13.6. The van der Waals surface area contributed by atoms with E-state index in [0.29, 0.717) is 25.1 Å². The zero-order valence-corrected chi connectivity index (χ0v) is 21.0. The Balaban J connectivity index is 2.46. The number of nitrogens with zero attached hydrogens (tertiary/aromatic N) is 2. The minimum atomic E-state index is -3.74. The number of anilines is 1. The monoisotopic (exact) mass is 473 g/mol. The summed E-state index contributed by atoms with van der Waals surface area (Å²) in [6, 6.07) is 14.2. The van der Waals surface area contributed by atoms with Crippen molar-refractivity contribution in [2.75, 3.05) is 23.7 Å². The first-order chi connectivity index (χ1) is 15.6. The molecule has 0 spiro atoms. The Morgan fingerprint density at radius 1 is 1.00 bits per heavy atom. The van der Waals surface area contributed by atoms with Crippen LogP contribution in [0.4, 0.5) is 5.69 Å². The number of carbonyl (C=O) groups excluding carboxylic acids is 2. The number of benzene rings is 2. The van der Waals surface area contributed by atoms with Crippen molar-refractivity contribution in [3.05, 3.63) is 65.2 Å². The molecule has 0 saturated heterocycles. The van der Waals surface area contributed by atoms with Gasteiger partial charge in [-0.05, 0) is 43.9 Å². The van der Waals surface area contributed by atoms with E-state index >= 15 is 0 Å². The van der Waals surface area contributed by atoms with E-state index in [-0.39, 0.29) is 19.0 Å². The Labute approximate surface area is 197 Å². The molecule has 1 unspecified atom stereocenters. The molecule has 0 radical (unpaired) electrons. The molecular formula is C25H35N3O4S. The molecule has 1 atom stereocenters. The average Bonchev–Trinajstić information content (AvgIpc) is 2.78. The van der Waals surface area contributed by atoms with E-state index in [9.17, 15) is 18.0 Å². The highest BCUT2D eigenvalue weighted by Gasteiger charge is 2.31. The molecule has 0 fully saturated rings. The molecule has 2 aromatic carbocycles. The van der Waals surface area contributed by atoms with Crippen LogP contribution < -0.4 is 9.62 Å². The van der Waals surface area contributed by atoms with Crippen LogP contribution in [0.3, 0.4) is 0 Å². The van der Waals surface area contributed by atoms with Gasteiger partial charge in [0.15, 0.2) is 0 Å². The third-order valence-corrected chi connectivity index (χ3v) is 6.66. The van der Waals surface area contributed by atoms with E-state index in [1.165, 1.54) is 4.90 Å². The largest absolute Gasteiger partial charge is 0.355 e. The first kappa shape index (κ1) is 26.4. The van der Waals surface area contributed by atoms with Gasteiger partial charge in [0.25, 0.3) is 0 Å². The third kappa shape index (κ3) is 7.05. The fourth-order valence-electron chi connectivity index (χ4n) is 3.75. The maximum absolute atomic E-state index is 13.6. The molecule has 0 aliphatic heterocycles. The molecule has 0 bridgehead atoms. The first-order valence-electron chi connectivity index (χ1n) is 11.3. The van der Waals surface area contributed by atoms with Crippen molar-refractivity contribution < 1.29 is 18.0 Å². The Kier molecular flexibility index (Phi) is 9.46. The predicted octanol–water partition coefficient (Wildman–Crippen LogP) is 3.27. The molecule has 2 amide bonds.